The lowest BCUT2D eigenvalue weighted by Gasteiger charge is -2.36. The number of benzene rings is 1. The number of carbonyl (C=O) groups is 2. The normalized spacial score (nSPS) is 17.5. The molecule has 1 atom stereocenters. The molecule has 1 saturated heterocycles. The van der Waals surface area contributed by atoms with Gasteiger partial charge in [0.05, 0.1) is 12.7 Å². The largest absolute Gasteiger partial charge is 0.496 e. The third-order valence-electron chi connectivity index (χ3n) is 4.19. The molecular weight excluding hydrogens is 313 g/mol. The highest BCUT2D eigenvalue weighted by Crippen LogP contribution is 2.25. The van der Waals surface area contributed by atoms with E-state index in [1.165, 1.54) is 25.3 Å². The molecule has 2 amide bonds. The molecule has 1 aromatic rings. The van der Waals surface area contributed by atoms with Crippen LogP contribution in [0.5, 0.6) is 5.75 Å². The number of piperidine rings is 1. The number of amides is 2. The first-order valence-electron chi connectivity index (χ1n) is 8.18. The molecule has 0 bridgehead atoms. The quantitative estimate of drug-likeness (QED) is 0.819. The number of likely N-dealkylation sites (tertiary alicyclic amines) is 1. The molecule has 1 heterocycles. The first-order valence-corrected chi connectivity index (χ1v) is 8.18. The minimum Gasteiger partial charge on any atom is -0.496 e. The number of hydrogen-bond donors (Lipinski definition) is 2. The van der Waals surface area contributed by atoms with Crippen molar-refractivity contribution in [1.29, 1.82) is 0 Å². The molecule has 132 valence electrons. The van der Waals surface area contributed by atoms with Gasteiger partial charge in [0, 0.05) is 32.1 Å². The van der Waals surface area contributed by atoms with Crippen molar-refractivity contribution in [2.45, 2.75) is 31.7 Å². The molecule has 24 heavy (non-hydrogen) atoms. The average molecular weight is 337 g/mol. The highest BCUT2D eigenvalue weighted by atomic mass is 19.1. The van der Waals surface area contributed by atoms with Crippen LogP contribution < -0.4 is 15.8 Å². The topological polar surface area (TPSA) is 84.7 Å². The lowest BCUT2D eigenvalue weighted by atomic mass is 10.00. The Hall–Kier alpha value is -2.15. The van der Waals surface area contributed by atoms with Crippen molar-refractivity contribution in [3.8, 4) is 5.75 Å². The monoisotopic (exact) mass is 337 g/mol. The zero-order valence-electron chi connectivity index (χ0n) is 13.9. The summed E-state index contributed by atoms with van der Waals surface area (Å²) in [6.45, 7) is 1.25. The fourth-order valence-corrected chi connectivity index (χ4v) is 2.93. The van der Waals surface area contributed by atoms with Crippen molar-refractivity contribution in [3.63, 3.8) is 0 Å². The van der Waals surface area contributed by atoms with E-state index >= 15 is 0 Å². The number of rotatable bonds is 6. The molecule has 1 aromatic carbocycles. The minimum atomic E-state index is -0.482. The molecule has 3 N–H and O–H groups in total. The highest BCUT2D eigenvalue weighted by Gasteiger charge is 2.29. The third kappa shape index (κ3) is 4.44. The van der Waals surface area contributed by atoms with Crippen LogP contribution in [0.1, 0.15) is 36.0 Å². The maximum absolute atomic E-state index is 13.6. The van der Waals surface area contributed by atoms with Crippen molar-refractivity contribution in [2.75, 3.05) is 26.7 Å². The van der Waals surface area contributed by atoms with E-state index in [0.29, 0.717) is 25.4 Å². The van der Waals surface area contributed by atoms with Crippen molar-refractivity contribution in [3.05, 3.63) is 29.6 Å². The molecule has 0 aliphatic carbocycles. The van der Waals surface area contributed by atoms with Gasteiger partial charge in [-0.25, -0.2) is 4.39 Å². The molecule has 0 radical (unpaired) electrons. The number of nitrogens with two attached hydrogens (primary N) is 1. The summed E-state index contributed by atoms with van der Waals surface area (Å²) < 4.78 is 18.7. The van der Waals surface area contributed by atoms with E-state index in [0.717, 1.165) is 19.3 Å². The van der Waals surface area contributed by atoms with Crippen LogP contribution in [0.15, 0.2) is 18.2 Å². The second-order valence-electron chi connectivity index (χ2n) is 5.84. The van der Waals surface area contributed by atoms with Crippen molar-refractivity contribution in [1.82, 2.24) is 10.2 Å². The number of halogens is 1. The van der Waals surface area contributed by atoms with Crippen LogP contribution in [0.4, 0.5) is 4.39 Å². The first-order chi connectivity index (χ1) is 11.6. The zero-order valence-corrected chi connectivity index (χ0v) is 13.9. The van der Waals surface area contributed by atoms with E-state index in [2.05, 4.69) is 5.32 Å². The van der Waals surface area contributed by atoms with Gasteiger partial charge in [-0.1, -0.05) is 0 Å². The van der Waals surface area contributed by atoms with Gasteiger partial charge >= 0.3 is 0 Å². The highest BCUT2D eigenvalue weighted by molar-refractivity contribution is 5.97. The summed E-state index contributed by atoms with van der Waals surface area (Å²) in [5, 5.41) is 2.81. The molecule has 0 saturated carbocycles. The SMILES string of the molecule is COc1ccc(F)cc1C(=O)N1CCCCC1CNC(=O)CCN. The van der Waals surface area contributed by atoms with Crippen LogP contribution >= 0.6 is 0 Å². The number of hydrogen-bond acceptors (Lipinski definition) is 4. The van der Waals surface area contributed by atoms with E-state index in [1.54, 1.807) is 4.90 Å². The number of ether oxygens (including phenoxy) is 1. The molecule has 7 heteroatoms. The second kappa shape index (κ2) is 8.63. The van der Waals surface area contributed by atoms with Crippen LogP contribution in [0, 0.1) is 5.82 Å². The summed E-state index contributed by atoms with van der Waals surface area (Å²) in [5.41, 5.74) is 5.57. The smallest absolute Gasteiger partial charge is 0.258 e. The van der Waals surface area contributed by atoms with Gasteiger partial charge in [0.1, 0.15) is 11.6 Å². The Kier molecular flexibility index (Phi) is 6.54. The number of carbonyl (C=O) groups excluding carboxylic acids is 2. The predicted octanol–water partition coefficient (Wildman–Crippen LogP) is 1.29. The second-order valence-corrected chi connectivity index (χ2v) is 5.84. The third-order valence-corrected chi connectivity index (χ3v) is 4.19. The van der Waals surface area contributed by atoms with Crippen molar-refractivity contribution >= 4 is 11.8 Å². The van der Waals surface area contributed by atoms with Crippen LogP contribution in [0.3, 0.4) is 0 Å². The minimum absolute atomic E-state index is 0.110. The molecule has 1 fully saturated rings. The van der Waals surface area contributed by atoms with Gasteiger partial charge in [-0.05, 0) is 37.5 Å². The Bertz CT molecular complexity index is 594. The predicted molar refractivity (Wildman–Crippen MR) is 88.3 cm³/mol. The van der Waals surface area contributed by atoms with Gasteiger partial charge < -0.3 is 20.7 Å². The van der Waals surface area contributed by atoms with Gasteiger partial charge in [0.15, 0.2) is 0 Å². The zero-order chi connectivity index (χ0) is 17.5. The number of nitrogens with one attached hydrogen (secondary N) is 1. The van der Waals surface area contributed by atoms with Crippen LogP contribution in [0.25, 0.3) is 0 Å². The molecule has 2 rings (SSSR count). The van der Waals surface area contributed by atoms with E-state index in [-0.39, 0.29) is 29.8 Å². The Balaban J connectivity index is 2.13. The van der Waals surface area contributed by atoms with E-state index in [9.17, 15) is 14.0 Å². The molecule has 1 unspecified atom stereocenters. The fourth-order valence-electron chi connectivity index (χ4n) is 2.93. The van der Waals surface area contributed by atoms with Crippen LogP contribution in [0.2, 0.25) is 0 Å². The van der Waals surface area contributed by atoms with Crippen LogP contribution in [-0.4, -0.2) is 49.5 Å². The lowest BCUT2D eigenvalue weighted by molar-refractivity contribution is -0.121. The van der Waals surface area contributed by atoms with E-state index in [1.807, 2.05) is 0 Å². The molecule has 0 spiro atoms. The summed E-state index contributed by atoms with van der Waals surface area (Å²) in [6.07, 6.45) is 2.93. The molecule has 1 aliphatic rings. The molecule has 6 nitrogen and oxygen atoms in total. The lowest BCUT2D eigenvalue weighted by Crippen LogP contribution is -2.49. The Morgan fingerprint density at radius 2 is 2.21 bits per heavy atom. The molecule has 1 aliphatic heterocycles. The van der Waals surface area contributed by atoms with Crippen molar-refractivity contribution < 1.29 is 18.7 Å². The standard InChI is InChI=1S/C17H24FN3O3/c1-24-15-6-5-12(18)10-14(15)17(23)21-9-3-2-4-13(21)11-20-16(22)7-8-19/h5-6,10,13H,2-4,7-9,11,19H2,1H3,(H,20,22). The maximum Gasteiger partial charge on any atom is 0.258 e. The van der Waals surface area contributed by atoms with Gasteiger partial charge in [-0.3, -0.25) is 9.59 Å². The summed E-state index contributed by atoms with van der Waals surface area (Å²) in [6, 6.07) is 3.79. The number of methoxy groups -OCH3 is 1. The Morgan fingerprint density at radius 1 is 1.42 bits per heavy atom. The van der Waals surface area contributed by atoms with E-state index < -0.39 is 5.82 Å². The summed E-state index contributed by atoms with van der Waals surface area (Å²) in [7, 11) is 1.45. The fraction of sp³-hybridized carbons (Fsp3) is 0.529. The first kappa shape index (κ1) is 18.2. The Morgan fingerprint density at radius 3 is 2.92 bits per heavy atom. The molecule has 0 aromatic heterocycles. The number of nitrogens with zero attached hydrogens (tertiary/aromatic N) is 1. The van der Waals surface area contributed by atoms with Crippen molar-refractivity contribution in [2.24, 2.45) is 5.73 Å². The maximum atomic E-state index is 13.6. The van der Waals surface area contributed by atoms with Gasteiger partial charge in [-0.15, -0.1) is 0 Å². The average Bonchev–Trinajstić information content (AvgIpc) is 2.60. The summed E-state index contributed by atoms with van der Waals surface area (Å²) >= 11 is 0. The van der Waals surface area contributed by atoms with E-state index in [4.69, 9.17) is 10.5 Å². The summed E-state index contributed by atoms with van der Waals surface area (Å²) in [4.78, 5) is 26.2. The van der Waals surface area contributed by atoms with Gasteiger partial charge in [-0.2, -0.15) is 0 Å². The summed E-state index contributed by atoms with van der Waals surface area (Å²) in [5.74, 6) is -0.537. The molecular formula is C17H24FN3O3. The van der Waals surface area contributed by atoms with Crippen LogP contribution in [-0.2, 0) is 4.79 Å². The van der Waals surface area contributed by atoms with Gasteiger partial charge in [0.25, 0.3) is 5.91 Å². The Labute approximate surface area is 141 Å². The van der Waals surface area contributed by atoms with Gasteiger partial charge in [0.2, 0.25) is 5.91 Å².